The molecule has 0 atom stereocenters. The number of anilines is 1. The Hall–Kier alpha value is -2.86. The number of hydrogen-bond acceptors (Lipinski definition) is 5. The Balaban J connectivity index is 2.24. The molecule has 0 amide bonds. The van der Waals surface area contributed by atoms with E-state index < -0.39 is 5.69 Å². The maximum Gasteiger partial charge on any atom is 0.354 e. The molecule has 0 radical (unpaired) electrons. The smallest absolute Gasteiger partial charge is 0.354 e. The Morgan fingerprint density at radius 1 is 1.25 bits per heavy atom. The second-order valence-corrected chi connectivity index (χ2v) is 5.84. The largest absolute Gasteiger partial charge is 0.450 e. The van der Waals surface area contributed by atoms with Crippen LogP contribution in [-0.2, 0) is 0 Å². The highest BCUT2D eigenvalue weighted by Crippen LogP contribution is 2.33. The van der Waals surface area contributed by atoms with Crippen molar-refractivity contribution < 1.29 is 4.42 Å². The summed E-state index contributed by atoms with van der Waals surface area (Å²) in [5.41, 5.74) is 2.84. The Labute approximate surface area is 141 Å². The first-order valence-electron chi connectivity index (χ1n) is 7.34. The molecule has 0 fully saturated rings. The molecule has 120 valence electrons. The van der Waals surface area contributed by atoms with Gasteiger partial charge in [0.2, 0.25) is 0 Å². The number of rotatable bonds is 2. The zero-order valence-electron chi connectivity index (χ0n) is 13.0. The van der Waals surface area contributed by atoms with Crippen molar-refractivity contribution in [3.63, 3.8) is 0 Å². The van der Waals surface area contributed by atoms with E-state index in [1.807, 2.05) is 13.0 Å². The summed E-state index contributed by atoms with van der Waals surface area (Å²) in [6, 6.07) is 8.90. The zero-order valence-corrected chi connectivity index (χ0v) is 13.8. The highest BCUT2D eigenvalue weighted by Gasteiger charge is 2.19. The van der Waals surface area contributed by atoms with E-state index in [-0.39, 0.29) is 0 Å². The van der Waals surface area contributed by atoms with Gasteiger partial charge < -0.3 is 9.73 Å². The second-order valence-electron chi connectivity index (χ2n) is 5.40. The van der Waals surface area contributed by atoms with Gasteiger partial charge in [-0.05, 0) is 37.3 Å². The molecule has 0 aliphatic heterocycles. The average Bonchev–Trinajstić information content (AvgIpc) is 2.92. The van der Waals surface area contributed by atoms with Crippen LogP contribution in [0.3, 0.4) is 0 Å². The van der Waals surface area contributed by atoms with E-state index in [0.717, 1.165) is 11.1 Å². The van der Waals surface area contributed by atoms with Crippen molar-refractivity contribution >= 4 is 39.5 Å². The third-order valence-electron chi connectivity index (χ3n) is 3.84. The van der Waals surface area contributed by atoms with Gasteiger partial charge in [-0.2, -0.15) is 4.98 Å². The van der Waals surface area contributed by atoms with Crippen LogP contribution in [0.4, 0.5) is 5.82 Å². The van der Waals surface area contributed by atoms with E-state index in [1.54, 1.807) is 37.5 Å². The van der Waals surface area contributed by atoms with Gasteiger partial charge in [0.15, 0.2) is 11.4 Å². The summed E-state index contributed by atoms with van der Waals surface area (Å²) in [5.74, 6) is 0.393. The van der Waals surface area contributed by atoms with E-state index in [1.165, 1.54) is 4.57 Å². The molecule has 4 rings (SSSR count). The number of pyridine rings is 1. The normalized spacial score (nSPS) is 11.3. The summed E-state index contributed by atoms with van der Waals surface area (Å²) in [7, 11) is 1.70. The maximum atomic E-state index is 12.7. The molecule has 1 N–H and O–H groups in total. The molecule has 24 heavy (non-hydrogen) atoms. The van der Waals surface area contributed by atoms with E-state index in [2.05, 4.69) is 15.3 Å². The average molecular weight is 341 g/mol. The summed E-state index contributed by atoms with van der Waals surface area (Å²) >= 11 is 6.14. The van der Waals surface area contributed by atoms with Crippen molar-refractivity contribution in [3.8, 4) is 5.69 Å². The SMILES string of the molecule is CNc1nc(=O)n(-c2ccnc(C)c2)c2c1oc1ccc(Cl)cc12. The molecule has 0 spiro atoms. The molecule has 0 saturated carbocycles. The second kappa shape index (κ2) is 5.35. The number of benzene rings is 1. The van der Waals surface area contributed by atoms with Gasteiger partial charge in [-0.15, -0.1) is 0 Å². The lowest BCUT2D eigenvalue weighted by atomic mass is 10.2. The molecule has 0 aliphatic rings. The predicted molar refractivity (Wildman–Crippen MR) is 94.2 cm³/mol. The van der Waals surface area contributed by atoms with Crippen LogP contribution < -0.4 is 11.0 Å². The quantitative estimate of drug-likeness (QED) is 0.604. The fourth-order valence-corrected chi connectivity index (χ4v) is 2.98. The van der Waals surface area contributed by atoms with E-state index in [0.29, 0.717) is 33.2 Å². The highest BCUT2D eigenvalue weighted by molar-refractivity contribution is 6.31. The molecule has 1 aromatic carbocycles. The van der Waals surface area contributed by atoms with Gasteiger partial charge in [0.1, 0.15) is 11.1 Å². The first kappa shape index (κ1) is 14.7. The van der Waals surface area contributed by atoms with Gasteiger partial charge >= 0.3 is 5.69 Å². The highest BCUT2D eigenvalue weighted by atomic mass is 35.5. The topological polar surface area (TPSA) is 73.0 Å². The molecule has 0 aliphatic carbocycles. The van der Waals surface area contributed by atoms with Gasteiger partial charge in [-0.3, -0.25) is 9.55 Å². The molecule has 6 nitrogen and oxygen atoms in total. The summed E-state index contributed by atoms with van der Waals surface area (Å²) in [6.07, 6.45) is 1.66. The number of halogens is 1. The van der Waals surface area contributed by atoms with Gasteiger partial charge in [0.05, 0.1) is 5.69 Å². The fourth-order valence-electron chi connectivity index (χ4n) is 2.81. The third kappa shape index (κ3) is 2.15. The molecular weight excluding hydrogens is 328 g/mol. The molecular formula is C17H13ClN4O2. The summed E-state index contributed by atoms with van der Waals surface area (Å²) in [6.45, 7) is 1.87. The molecule has 3 aromatic heterocycles. The van der Waals surface area contributed by atoms with Gasteiger partial charge in [-0.1, -0.05) is 11.6 Å². The predicted octanol–water partition coefficient (Wildman–Crippen LogP) is 3.53. The van der Waals surface area contributed by atoms with Crippen LogP contribution >= 0.6 is 11.6 Å². The van der Waals surface area contributed by atoms with Crippen molar-refractivity contribution in [2.24, 2.45) is 0 Å². The number of hydrogen-bond donors (Lipinski definition) is 1. The number of nitrogens with one attached hydrogen (secondary N) is 1. The number of fused-ring (bicyclic) bond motifs is 3. The Bertz CT molecular complexity index is 1150. The van der Waals surface area contributed by atoms with Crippen molar-refractivity contribution in [1.82, 2.24) is 14.5 Å². The lowest BCUT2D eigenvalue weighted by Crippen LogP contribution is -2.22. The molecule has 0 unspecified atom stereocenters. The van der Waals surface area contributed by atoms with E-state index in [9.17, 15) is 4.79 Å². The maximum absolute atomic E-state index is 12.7. The molecule has 4 aromatic rings. The summed E-state index contributed by atoms with van der Waals surface area (Å²) < 4.78 is 7.44. The summed E-state index contributed by atoms with van der Waals surface area (Å²) in [5, 5.41) is 4.23. The Morgan fingerprint density at radius 3 is 2.83 bits per heavy atom. The fraction of sp³-hybridized carbons (Fsp3) is 0.118. The molecule has 7 heteroatoms. The third-order valence-corrected chi connectivity index (χ3v) is 4.07. The van der Waals surface area contributed by atoms with Crippen LogP contribution in [0.15, 0.2) is 45.7 Å². The van der Waals surface area contributed by atoms with E-state index in [4.69, 9.17) is 16.0 Å². The number of furan rings is 1. The number of aryl methyl sites for hydroxylation is 1. The Kier molecular flexibility index (Phi) is 3.28. The first-order chi connectivity index (χ1) is 11.6. The first-order valence-corrected chi connectivity index (χ1v) is 7.72. The number of nitrogens with zero attached hydrogens (tertiary/aromatic N) is 3. The monoisotopic (exact) mass is 340 g/mol. The van der Waals surface area contributed by atoms with E-state index >= 15 is 0 Å². The summed E-state index contributed by atoms with van der Waals surface area (Å²) in [4.78, 5) is 20.9. The van der Waals surface area contributed by atoms with Crippen molar-refractivity contribution in [2.75, 3.05) is 12.4 Å². The molecule has 0 bridgehead atoms. The van der Waals surface area contributed by atoms with Crippen LogP contribution in [-0.4, -0.2) is 21.6 Å². The van der Waals surface area contributed by atoms with Crippen LogP contribution in [0.25, 0.3) is 27.8 Å². The van der Waals surface area contributed by atoms with Crippen LogP contribution in [0, 0.1) is 6.92 Å². The van der Waals surface area contributed by atoms with Gasteiger partial charge in [0.25, 0.3) is 0 Å². The minimum Gasteiger partial charge on any atom is -0.450 e. The lowest BCUT2D eigenvalue weighted by molar-refractivity contribution is 0.665. The van der Waals surface area contributed by atoms with Gasteiger partial charge in [0, 0.05) is 29.3 Å². The minimum atomic E-state index is -0.403. The van der Waals surface area contributed by atoms with Crippen molar-refractivity contribution in [2.45, 2.75) is 6.92 Å². The van der Waals surface area contributed by atoms with Crippen LogP contribution in [0.2, 0.25) is 5.02 Å². The van der Waals surface area contributed by atoms with Crippen molar-refractivity contribution in [1.29, 1.82) is 0 Å². The minimum absolute atomic E-state index is 0.393. The number of aromatic nitrogens is 3. The molecule has 3 heterocycles. The lowest BCUT2D eigenvalue weighted by Gasteiger charge is -2.09. The zero-order chi connectivity index (χ0) is 16.8. The van der Waals surface area contributed by atoms with Crippen LogP contribution in [0.5, 0.6) is 0 Å². The standard InChI is InChI=1S/C17H13ClN4O2/c1-9-7-11(5-6-20-9)22-14-12-8-10(18)3-4-13(12)24-15(14)16(19-2)21-17(22)23/h3-8H,1-2H3,(H,19,21,23). The van der Waals surface area contributed by atoms with Crippen molar-refractivity contribution in [3.05, 3.63) is 57.7 Å². The molecule has 0 saturated heterocycles. The van der Waals surface area contributed by atoms with Gasteiger partial charge in [-0.25, -0.2) is 4.79 Å². The van der Waals surface area contributed by atoms with Crippen LogP contribution in [0.1, 0.15) is 5.69 Å². The Morgan fingerprint density at radius 2 is 2.08 bits per heavy atom.